The lowest BCUT2D eigenvalue weighted by Gasteiger charge is -2.57. The Morgan fingerprint density at radius 3 is 2.67 bits per heavy atom. The van der Waals surface area contributed by atoms with Crippen LogP contribution in [0, 0.1) is 28.6 Å². The summed E-state index contributed by atoms with van der Waals surface area (Å²) in [6.07, 6.45) is 12.2. The lowest BCUT2D eigenvalue weighted by molar-refractivity contribution is -0.117. The molecular formula is C19H27IO. The number of hydrogen-bond donors (Lipinski definition) is 0. The normalized spacial score (nSPS) is 52.7. The molecule has 0 aromatic heterocycles. The van der Waals surface area contributed by atoms with Crippen molar-refractivity contribution < 1.29 is 4.79 Å². The molecule has 0 bridgehead atoms. The molecule has 0 amide bonds. The molecule has 4 rings (SSSR count). The number of fused-ring (bicyclic) bond motifs is 5. The molecule has 6 atom stereocenters. The summed E-state index contributed by atoms with van der Waals surface area (Å²) >= 11 is 2.73. The Hall–Kier alpha value is 0.140. The summed E-state index contributed by atoms with van der Waals surface area (Å²) in [5.41, 5.74) is 2.46. The van der Waals surface area contributed by atoms with Gasteiger partial charge in [-0.05, 0) is 79.6 Å². The van der Waals surface area contributed by atoms with E-state index in [0.29, 0.717) is 16.6 Å². The maximum absolute atomic E-state index is 11.8. The van der Waals surface area contributed by atoms with Crippen molar-refractivity contribution in [2.75, 3.05) is 0 Å². The SMILES string of the molecule is C[C@]12CC[C@H]3[C@@H](CCC4=CC(=O)CC[C@@]43C)[C@@H]1CC[C@@H]2[124I]. The van der Waals surface area contributed by atoms with Gasteiger partial charge in [0.05, 0.1) is 0 Å². The summed E-state index contributed by atoms with van der Waals surface area (Å²) in [7, 11) is 0. The predicted molar refractivity (Wildman–Crippen MR) is 94.5 cm³/mol. The third kappa shape index (κ3) is 1.96. The molecule has 4 aliphatic carbocycles. The molecule has 0 aliphatic heterocycles. The fourth-order valence-corrected chi connectivity index (χ4v) is 7.63. The van der Waals surface area contributed by atoms with Gasteiger partial charge in [0, 0.05) is 10.3 Å². The Balaban J connectivity index is 1.69. The number of allylic oxidation sites excluding steroid dienone is 1. The summed E-state index contributed by atoms with van der Waals surface area (Å²) in [5.74, 6) is 3.12. The molecule has 0 saturated heterocycles. The first-order valence-corrected chi connectivity index (χ1v) is 10.1. The average molecular weight is 395 g/mol. The molecule has 3 saturated carbocycles. The van der Waals surface area contributed by atoms with Crippen LogP contribution in [0.1, 0.15) is 65.2 Å². The van der Waals surface area contributed by atoms with Crippen LogP contribution < -0.4 is 0 Å². The van der Waals surface area contributed by atoms with Crippen molar-refractivity contribution in [1.29, 1.82) is 0 Å². The van der Waals surface area contributed by atoms with E-state index in [-0.39, 0.29) is 0 Å². The second-order valence-electron chi connectivity index (χ2n) is 8.56. The molecular weight excluding hydrogens is 368 g/mol. The first-order chi connectivity index (χ1) is 9.95. The van der Waals surface area contributed by atoms with Gasteiger partial charge in [-0.25, -0.2) is 0 Å². The van der Waals surface area contributed by atoms with E-state index in [0.717, 1.165) is 34.5 Å². The number of halogens is 1. The van der Waals surface area contributed by atoms with Gasteiger partial charge in [-0.15, -0.1) is 0 Å². The molecule has 0 aromatic carbocycles. The van der Waals surface area contributed by atoms with E-state index in [2.05, 4.69) is 36.4 Å². The van der Waals surface area contributed by atoms with Crippen LogP contribution in [0.3, 0.4) is 0 Å². The second kappa shape index (κ2) is 4.82. The predicted octanol–water partition coefficient (Wildman–Crippen LogP) is 5.32. The van der Waals surface area contributed by atoms with Crippen LogP contribution in [0.4, 0.5) is 0 Å². The fraction of sp³-hybridized carbons (Fsp3) is 0.842. The monoisotopic (exact) mass is 395 g/mol. The maximum atomic E-state index is 11.8. The van der Waals surface area contributed by atoms with Gasteiger partial charge in [0.15, 0.2) is 5.78 Å². The number of carbonyl (C=O) groups excluding carboxylic acids is 1. The minimum Gasteiger partial charge on any atom is -0.295 e. The van der Waals surface area contributed by atoms with E-state index >= 15 is 0 Å². The molecule has 3 fully saturated rings. The van der Waals surface area contributed by atoms with Gasteiger partial charge in [0.25, 0.3) is 0 Å². The van der Waals surface area contributed by atoms with Crippen LogP contribution >= 0.6 is 22.6 Å². The molecule has 0 N–H and O–H groups in total. The van der Waals surface area contributed by atoms with Crippen LogP contribution in [-0.4, -0.2) is 9.71 Å². The van der Waals surface area contributed by atoms with Crippen LogP contribution in [0.15, 0.2) is 11.6 Å². The van der Waals surface area contributed by atoms with Crippen LogP contribution in [-0.2, 0) is 4.79 Å². The van der Waals surface area contributed by atoms with E-state index in [1.54, 1.807) is 0 Å². The molecule has 4 aliphatic rings. The zero-order chi connectivity index (χ0) is 14.8. The lowest BCUT2D eigenvalue weighted by atomic mass is 9.47. The van der Waals surface area contributed by atoms with Gasteiger partial charge in [0.2, 0.25) is 0 Å². The smallest absolute Gasteiger partial charge is 0.155 e. The van der Waals surface area contributed by atoms with E-state index in [4.69, 9.17) is 0 Å². The second-order valence-corrected chi connectivity index (χ2v) is 10.1. The highest BCUT2D eigenvalue weighted by atomic mass is 124. The average Bonchev–Trinajstić information content (AvgIpc) is 2.76. The Morgan fingerprint density at radius 2 is 1.86 bits per heavy atom. The lowest BCUT2D eigenvalue weighted by Crippen LogP contribution is -2.50. The molecule has 1 nitrogen and oxygen atoms in total. The highest BCUT2D eigenvalue weighted by Crippen LogP contribution is 2.66. The Kier molecular flexibility index (Phi) is 3.37. The van der Waals surface area contributed by atoms with Crippen molar-refractivity contribution in [3.63, 3.8) is 0 Å². The topological polar surface area (TPSA) is 17.1 Å². The molecule has 21 heavy (non-hydrogen) atoms. The van der Waals surface area contributed by atoms with Gasteiger partial charge in [0.1, 0.15) is 0 Å². The summed E-state index contributed by atoms with van der Waals surface area (Å²) in [6, 6.07) is 0. The Labute approximate surface area is 142 Å². The Morgan fingerprint density at radius 1 is 1.05 bits per heavy atom. The highest BCUT2D eigenvalue weighted by Gasteiger charge is 2.58. The number of ketones is 1. The Bertz CT molecular complexity index is 510. The summed E-state index contributed by atoms with van der Waals surface area (Å²) in [4.78, 5) is 11.8. The minimum absolute atomic E-state index is 0.349. The molecule has 0 spiro atoms. The number of hydrogen-bond acceptors (Lipinski definition) is 1. The third-order valence-corrected chi connectivity index (χ3v) is 9.89. The molecule has 0 radical (unpaired) electrons. The van der Waals surface area contributed by atoms with Crippen molar-refractivity contribution in [1.82, 2.24) is 0 Å². The minimum atomic E-state index is 0.349. The van der Waals surface area contributed by atoms with Crippen LogP contribution in [0.25, 0.3) is 0 Å². The number of rotatable bonds is 0. The maximum Gasteiger partial charge on any atom is 0.155 e. The summed E-state index contributed by atoms with van der Waals surface area (Å²) < 4.78 is 0.888. The van der Waals surface area contributed by atoms with Gasteiger partial charge in [-0.2, -0.15) is 0 Å². The van der Waals surface area contributed by atoms with E-state index in [9.17, 15) is 4.79 Å². The zero-order valence-electron chi connectivity index (χ0n) is 13.3. The first kappa shape index (κ1) is 14.7. The van der Waals surface area contributed by atoms with Crippen LogP contribution in [0.5, 0.6) is 0 Å². The molecule has 0 aromatic rings. The van der Waals surface area contributed by atoms with E-state index < -0.39 is 0 Å². The number of alkyl halides is 1. The van der Waals surface area contributed by atoms with Crippen molar-refractivity contribution in [2.45, 2.75) is 69.1 Å². The van der Waals surface area contributed by atoms with Gasteiger partial charge in [-0.1, -0.05) is 42.0 Å². The zero-order valence-corrected chi connectivity index (χ0v) is 15.5. The van der Waals surface area contributed by atoms with Crippen molar-refractivity contribution in [2.24, 2.45) is 28.6 Å². The van der Waals surface area contributed by atoms with Crippen molar-refractivity contribution >= 4 is 28.4 Å². The van der Waals surface area contributed by atoms with E-state index in [1.165, 1.54) is 44.1 Å². The van der Waals surface area contributed by atoms with Gasteiger partial charge >= 0.3 is 0 Å². The molecule has 116 valence electrons. The van der Waals surface area contributed by atoms with Crippen LogP contribution in [0.2, 0.25) is 0 Å². The van der Waals surface area contributed by atoms with Gasteiger partial charge < -0.3 is 0 Å². The molecule has 0 unspecified atom stereocenters. The van der Waals surface area contributed by atoms with Gasteiger partial charge in [-0.3, -0.25) is 4.79 Å². The first-order valence-electron chi connectivity index (χ1n) is 8.83. The summed E-state index contributed by atoms with van der Waals surface area (Å²) in [5, 5.41) is 0. The quantitative estimate of drug-likeness (QED) is 0.401. The molecule has 2 heteroatoms. The largest absolute Gasteiger partial charge is 0.295 e. The summed E-state index contributed by atoms with van der Waals surface area (Å²) in [6.45, 7) is 5.07. The standard InChI is InChI=1S/C19H27IO/c1-18-9-7-13(21)11-12(18)3-4-14-15-5-6-17(20)19(15,2)10-8-16(14)18/h11,14-17H,3-10H2,1-2H3/t14-,15-,16-,17-,18-,19-/m0/s1/i20-3. The molecule has 0 heterocycles. The number of carbonyl (C=O) groups is 1. The van der Waals surface area contributed by atoms with Crippen molar-refractivity contribution in [3.8, 4) is 0 Å². The third-order valence-electron chi connectivity index (χ3n) is 7.85. The fourth-order valence-electron chi connectivity index (χ4n) is 6.50. The van der Waals surface area contributed by atoms with E-state index in [1.807, 2.05) is 6.08 Å². The highest BCUT2D eigenvalue weighted by molar-refractivity contribution is 14.1. The van der Waals surface area contributed by atoms with Crippen molar-refractivity contribution in [3.05, 3.63) is 11.6 Å².